The van der Waals surface area contributed by atoms with Crippen LogP contribution in [0.4, 0.5) is 0 Å². The average Bonchev–Trinajstić information content (AvgIpc) is 3.32. The summed E-state index contributed by atoms with van der Waals surface area (Å²) in [5, 5.41) is 10.1. The molecule has 0 aliphatic carbocycles. The molecule has 8 heteroatoms. The Labute approximate surface area is 157 Å². The van der Waals surface area contributed by atoms with Gasteiger partial charge in [0.1, 0.15) is 0 Å². The van der Waals surface area contributed by atoms with Crippen LogP contribution in [-0.4, -0.2) is 49.4 Å². The van der Waals surface area contributed by atoms with E-state index in [1.165, 1.54) is 0 Å². The molecule has 2 heterocycles. The van der Waals surface area contributed by atoms with E-state index in [-0.39, 0.29) is 30.9 Å². The molecule has 1 fully saturated rings. The quantitative estimate of drug-likeness (QED) is 0.753. The van der Waals surface area contributed by atoms with Gasteiger partial charge < -0.3 is 20.2 Å². The van der Waals surface area contributed by atoms with Crippen molar-refractivity contribution in [2.75, 3.05) is 19.7 Å². The van der Waals surface area contributed by atoms with E-state index in [1.54, 1.807) is 12.1 Å². The van der Waals surface area contributed by atoms with E-state index in [1.807, 2.05) is 12.1 Å². The Hall–Kier alpha value is -2.12. The zero-order valence-electron chi connectivity index (χ0n) is 14.4. The summed E-state index contributed by atoms with van der Waals surface area (Å²) >= 11 is 5.86. The molecule has 0 bridgehead atoms. The average molecular weight is 380 g/mol. The van der Waals surface area contributed by atoms with Gasteiger partial charge in [0, 0.05) is 37.6 Å². The number of nitrogens with zero attached hydrogens (tertiary/aromatic N) is 1. The fraction of sp³-hybridized carbons (Fsp3) is 0.500. The molecule has 26 heavy (non-hydrogen) atoms. The molecule has 1 aromatic carbocycles. The van der Waals surface area contributed by atoms with Crippen molar-refractivity contribution in [3.05, 3.63) is 34.9 Å². The van der Waals surface area contributed by atoms with E-state index >= 15 is 0 Å². The van der Waals surface area contributed by atoms with Crippen molar-refractivity contribution < 1.29 is 19.2 Å². The molecule has 3 rings (SSSR count). The molecule has 7 nitrogen and oxygen atoms in total. The van der Waals surface area contributed by atoms with E-state index in [0.29, 0.717) is 23.7 Å². The number of ether oxygens (including phenoxy) is 1. The summed E-state index contributed by atoms with van der Waals surface area (Å²) in [5.41, 5.74) is 1.58. The number of rotatable bonds is 7. The lowest BCUT2D eigenvalue weighted by molar-refractivity contribution is -0.131. The SMILES string of the molecule is O=C(CCNC(=O)[C@@H]1CC(c2ccc(Cl)cc2)=NO1)NC[C@@H]1CCCO1. The van der Waals surface area contributed by atoms with Gasteiger partial charge >= 0.3 is 0 Å². The van der Waals surface area contributed by atoms with Crippen molar-refractivity contribution in [2.45, 2.75) is 37.9 Å². The van der Waals surface area contributed by atoms with Gasteiger partial charge in [0.2, 0.25) is 12.0 Å². The van der Waals surface area contributed by atoms with Crippen molar-refractivity contribution in [1.29, 1.82) is 0 Å². The fourth-order valence-corrected chi connectivity index (χ4v) is 2.99. The Morgan fingerprint density at radius 3 is 2.77 bits per heavy atom. The minimum atomic E-state index is -0.671. The van der Waals surface area contributed by atoms with Crippen molar-refractivity contribution in [1.82, 2.24) is 10.6 Å². The third kappa shape index (κ3) is 5.19. The van der Waals surface area contributed by atoms with Gasteiger partial charge in [-0.05, 0) is 30.5 Å². The Bertz CT molecular complexity index is 672. The molecule has 2 amide bonds. The highest BCUT2D eigenvalue weighted by atomic mass is 35.5. The molecule has 0 radical (unpaired) electrons. The molecule has 0 spiro atoms. The number of hydrogen-bond acceptors (Lipinski definition) is 5. The van der Waals surface area contributed by atoms with Crippen LogP contribution in [0.1, 0.15) is 31.2 Å². The lowest BCUT2D eigenvalue weighted by Gasteiger charge is -2.12. The fourth-order valence-electron chi connectivity index (χ4n) is 2.87. The Kier molecular flexibility index (Phi) is 6.46. The monoisotopic (exact) mass is 379 g/mol. The van der Waals surface area contributed by atoms with Gasteiger partial charge in [-0.2, -0.15) is 0 Å². The van der Waals surface area contributed by atoms with Crippen molar-refractivity contribution in [2.24, 2.45) is 5.16 Å². The maximum Gasteiger partial charge on any atom is 0.264 e. The molecule has 2 aliphatic heterocycles. The lowest BCUT2D eigenvalue weighted by Crippen LogP contribution is -2.38. The maximum atomic E-state index is 12.1. The van der Waals surface area contributed by atoms with Gasteiger partial charge in [-0.1, -0.05) is 28.9 Å². The van der Waals surface area contributed by atoms with Gasteiger partial charge in [-0.25, -0.2) is 0 Å². The van der Waals surface area contributed by atoms with E-state index in [2.05, 4.69) is 15.8 Å². The summed E-state index contributed by atoms with van der Waals surface area (Å²) < 4.78 is 5.45. The first kappa shape index (κ1) is 18.7. The molecule has 2 atom stereocenters. The number of oxime groups is 1. The van der Waals surface area contributed by atoms with Crippen molar-refractivity contribution in [3.63, 3.8) is 0 Å². The standard InChI is InChI=1S/C18H22ClN3O4/c19-13-5-3-12(4-6-13)15-10-16(26-22-15)18(24)20-8-7-17(23)21-11-14-2-1-9-25-14/h3-6,14,16H,1-2,7-11H2,(H,20,24)(H,21,23)/t14-,16-/m0/s1. The highest BCUT2D eigenvalue weighted by Crippen LogP contribution is 2.18. The summed E-state index contributed by atoms with van der Waals surface area (Å²) in [5.74, 6) is -0.379. The Morgan fingerprint density at radius 2 is 2.04 bits per heavy atom. The molecular weight excluding hydrogens is 358 g/mol. The van der Waals surface area contributed by atoms with Gasteiger partial charge in [0.25, 0.3) is 5.91 Å². The van der Waals surface area contributed by atoms with E-state index in [0.717, 1.165) is 25.0 Å². The molecule has 0 unspecified atom stereocenters. The molecule has 0 aromatic heterocycles. The zero-order valence-corrected chi connectivity index (χ0v) is 15.1. The van der Waals surface area contributed by atoms with Crippen LogP contribution in [0, 0.1) is 0 Å². The minimum absolute atomic E-state index is 0.105. The largest absolute Gasteiger partial charge is 0.382 e. The minimum Gasteiger partial charge on any atom is -0.382 e. The van der Waals surface area contributed by atoms with Crippen LogP contribution in [-0.2, 0) is 19.2 Å². The second kappa shape index (κ2) is 9.00. The summed E-state index contributed by atoms with van der Waals surface area (Å²) in [7, 11) is 0. The molecule has 1 aromatic rings. The topological polar surface area (TPSA) is 89.0 Å². The smallest absolute Gasteiger partial charge is 0.264 e. The summed E-state index contributed by atoms with van der Waals surface area (Å²) in [6.45, 7) is 1.54. The van der Waals surface area contributed by atoms with Crippen molar-refractivity contribution >= 4 is 29.1 Å². The van der Waals surface area contributed by atoms with Crippen LogP contribution >= 0.6 is 11.6 Å². The number of nitrogens with one attached hydrogen (secondary N) is 2. The van der Waals surface area contributed by atoms with Crippen LogP contribution in [0.2, 0.25) is 5.02 Å². The highest BCUT2D eigenvalue weighted by molar-refractivity contribution is 6.30. The first-order chi connectivity index (χ1) is 12.6. The molecule has 1 saturated heterocycles. The normalized spacial score (nSPS) is 21.8. The van der Waals surface area contributed by atoms with Crippen molar-refractivity contribution in [3.8, 4) is 0 Å². The third-order valence-electron chi connectivity index (χ3n) is 4.34. The van der Waals surface area contributed by atoms with Gasteiger partial charge in [0.05, 0.1) is 11.8 Å². The van der Waals surface area contributed by atoms with Crippen LogP contribution in [0.3, 0.4) is 0 Å². The predicted molar refractivity (Wildman–Crippen MR) is 97.1 cm³/mol. The molecule has 2 N–H and O–H groups in total. The van der Waals surface area contributed by atoms with Crippen LogP contribution < -0.4 is 10.6 Å². The first-order valence-corrected chi connectivity index (χ1v) is 9.14. The Morgan fingerprint density at radius 1 is 1.23 bits per heavy atom. The number of benzene rings is 1. The number of halogens is 1. The summed E-state index contributed by atoms with van der Waals surface area (Å²) in [6, 6.07) is 7.20. The van der Waals surface area contributed by atoms with Crippen LogP contribution in [0.5, 0.6) is 0 Å². The molecule has 0 saturated carbocycles. The molecule has 2 aliphatic rings. The number of carbonyl (C=O) groups is 2. The first-order valence-electron chi connectivity index (χ1n) is 8.76. The van der Waals surface area contributed by atoms with E-state index < -0.39 is 6.10 Å². The number of carbonyl (C=O) groups excluding carboxylic acids is 2. The highest BCUT2D eigenvalue weighted by Gasteiger charge is 2.28. The van der Waals surface area contributed by atoms with E-state index in [4.69, 9.17) is 21.2 Å². The summed E-state index contributed by atoms with van der Waals surface area (Å²) in [6.07, 6.45) is 2.07. The van der Waals surface area contributed by atoms with Gasteiger partial charge in [0.15, 0.2) is 0 Å². The van der Waals surface area contributed by atoms with Crippen LogP contribution in [0.15, 0.2) is 29.4 Å². The zero-order chi connectivity index (χ0) is 18.4. The van der Waals surface area contributed by atoms with Gasteiger partial charge in [-0.15, -0.1) is 0 Å². The second-order valence-corrected chi connectivity index (χ2v) is 6.76. The predicted octanol–water partition coefficient (Wildman–Crippen LogP) is 1.63. The second-order valence-electron chi connectivity index (χ2n) is 6.32. The number of amides is 2. The van der Waals surface area contributed by atoms with Crippen LogP contribution in [0.25, 0.3) is 0 Å². The third-order valence-corrected chi connectivity index (χ3v) is 4.59. The van der Waals surface area contributed by atoms with E-state index in [9.17, 15) is 9.59 Å². The number of hydrogen-bond donors (Lipinski definition) is 2. The maximum absolute atomic E-state index is 12.1. The lowest BCUT2D eigenvalue weighted by atomic mass is 10.0. The van der Waals surface area contributed by atoms with Gasteiger partial charge in [-0.3, -0.25) is 9.59 Å². The molecular formula is C18H22ClN3O4. The summed E-state index contributed by atoms with van der Waals surface area (Å²) in [4.78, 5) is 29.1. The Balaban J connectivity index is 1.34. The molecule has 140 valence electrons.